The van der Waals surface area contributed by atoms with Crippen molar-refractivity contribution < 1.29 is 9.53 Å². The number of aromatic nitrogens is 1. The molecule has 3 N–H and O–H groups in total. The predicted molar refractivity (Wildman–Crippen MR) is 110 cm³/mol. The number of carbonyl (C=O) groups excluding carboxylic acids is 1. The van der Waals surface area contributed by atoms with Crippen molar-refractivity contribution in [2.45, 2.75) is 31.4 Å². The second kappa shape index (κ2) is 6.92. The third-order valence-electron chi connectivity index (χ3n) is 4.97. The number of aliphatic imine (C=N–C) groups is 1. The lowest BCUT2D eigenvalue weighted by atomic mass is 9.77. The number of ether oxygens (including phenoxy) is 1. The summed E-state index contributed by atoms with van der Waals surface area (Å²) >= 11 is 3.09. The van der Waals surface area contributed by atoms with Gasteiger partial charge in [0.2, 0.25) is 0 Å². The molecule has 1 fully saturated rings. The molecule has 2 atom stereocenters. The van der Waals surface area contributed by atoms with Crippen LogP contribution in [0.15, 0.2) is 40.7 Å². The number of carbonyl (C=O) groups is 1. The number of nitrogens with two attached hydrogens (primary N) is 1. The van der Waals surface area contributed by atoms with E-state index in [1.54, 1.807) is 23.9 Å². The monoisotopic (exact) mass is 402 g/mol. The molecule has 27 heavy (non-hydrogen) atoms. The van der Waals surface area contributed by atoms with Crippen LogP contribution in [0.1, 0.15) is 35.6 Å². The fourth-order valence-corrected chi connectivity index (χ4v) is 5.61. The molecule has 0 radical (unpaired) electrons. The molecule has 0 unspecified atom stereocenters. The van der Waals surface area contributed by atoms with Crippen molar-refractivity contribution in [3.05, 3.63) is 46.3 Å². The maximum absolute atomic E-state index is 12.6. The summed E-state index contributed by atoms with van der Waals surface area (Å²) in [5, 5.41) is 6.25. The third kappa shape index (κ3) is 3.61. The van der Waals surface area contributed by atoms with Gasteiger partial charge in [0.25, 0.3) is 5.91 Å². The molecule has 8 heteroatoms. The molecule has 0 spiro atoms. The van der Waals surface area contributed by atoms with Crippen molar-refractivity contribution in [1.82, 2.24) is 10.3 Å². The third-order valence-corrected chi connectivity index (χ3v) is 7.03. The lowest BCUT2D eigenvalue weighted by Gasteiger charge is -2.48. The van der Waals surface area contributed by atoms with Gasteiger partial charge in [-0.25, -0.2) is 9.98 Å². The fourth-order valence-electron chi connectivity index (χ4n) is 3.55. The molecule has 1 aromatic carbocycles. The van der Waals surface area contributed by atoms with Gasteiger partial charge >= 0.3 is 0 Å². The highest BCUT2D eigenvalue weighted by Crippen LogP contribution is 2.49. The number of amidine groups is 1. The molecule has 4 rings (SSSR count). The Morgan fingerprint density at radius 3 is 2.81 bits per heavy atom. The highest BCUT2D eigenvalue weighted by atomic mass is 32.2. The quantitative estimate of drug-likeness (QED) is 0.805. The molecule has 3 heterocycles. The minimum atomic E-state index is -0.595. The van der Waals surface area contributed by atoms with E-state index in [1.165, 1.54) is 11.3 Å². The normalized spacial score (nSPS) is 26.7. The van der Waals surface area contributed by atoms with Crippen molar-refractivity contribution in [1.29, 1.82) is 0 Å². The molecule has 0 bridgehead atoms. The molecule has 0 saturated carbocycles. The number of nitrogens with zero attached hydrogens (tertiary/aromatic N) is 2. The number of anilines is 1. The van der Waals surface area contributed by atoms with Crippen LogP contribution in [0.25, 0.3) is 0 Å². The minimum Gasteiger partial charge on any atom is -0.383 e. The lowest BCUT2D eigenvalue weighted by Crippen LogP contribution is -2.53. The van der Waals surface area contributed by atoms with E-state index in [4.69, 9.17) is 15.5 Å². The lowest BCUT2D eigenvalue weighted by molar-refractivity contribution is -0.109. The number of fused-ring (bicyclic) bond motifs is 1. The average Bonchev–Trinajstić information content (AvgIpc) is 3.09. The van der Waals surface area contributed by atoms with Crippen molar-refractivity contribution >= 4 is 40.0 Å². The van der Waals surface area contributed by atoms with E-state index in [1.807, 2.05) is 23.6 Å². The number of hydrogen-bond acceptors (Lipinski definition) is 7. The van der Waals surface area contributed by atoms with E-state index < -0.39 is 5.54 Å². The topological polar surface area (TPSA) is 89.6 Å². The summed E-state index contributed by atoms with van der Waals surface area (Å²) < 4.78 is 6.14. The fraction of sp³-hybridized carbons (Fsp3) is 0.421. The molecule has 6 nitrogen and oxygen atoms in total. The van der Waals surface area contributed by atoms with E-state index in [0.717, 1.165) is 17.2 Å². The highest BCUT2D eigenvalue weighted by molar-refractivity contribution is 8.13. The first kappa shape index (κ1) is 18.5. The van der Waals surface area contributed by atoms with Gasteiger partial charge in [-0.3, -0.25) is 4.79 Å². The van der Waals surface area contributed by atoms with Crippen molar-refractivity contribution in [3.8, 4) is 0 Å². The maximum Gasteiger partial charge on any atom is 0.257 e. The number of thiazole rings is 1. The summed E-state index contributed by atoms with van der Waals surface area (Å²) in [7, 11) is 0. The van der Waals surface area contributed by atoms with Crippen LogP contribution in [0.5, 0.6) is 0 Å². The highest BCUT2D eigenvalue weighted by Gasteiger charge is 2.52. The molecular formula is C19H22N4O2S2. The first-order chi connectivity index (χ1) is 12.9. The summed E-state index contributed by atoms with van der Waals surface area (Å²) in [4.78, 5) is 22.0. The Morgan fingerprint density at radius 1 is 1.33 bits per heavy atom. The summed E-state index contributed by atoms with van der Waals surface area (Å²) in [5.41, 5.74) is 5.70. The zero-order valence-corrected chi connectivity index (χ0v) is 16.9. The van der Waals surface area contributed by atoms with E-state index in [0.29, 0.717) is 23.2 Å². The van der Waals surface area contributed by atoms with Gasteiger partial charge in [0.05, 0.1) is 12.2 Å². The number of benzene rings is 1. The number of nitrogens with one attached hydrogen (secondary N) is 1. The number of rotatable bonds is 2. The first-order valence-electron chi connectivity index (χ1n) is 8.82. The average molecular weight is 403 g/mol. The van der Waals surface area contributed by atoms with Crippen molar-refractivity contribution in [2.24, 2.45) is 10.9 Å². The van der Waals surface area contributed by atoms with Gasteiger partial charge in [0.15, 0.2) is 5.17 Å². The standard InChI is InChI=1S/C19H22N4O2S2/c1-18(2)8-13-9-27-17(22-15(24)12-6-4-3-5-7-12)23-19(13,11-25-18)16-21-14(20)10-26-16/h3-7,10,13H,8-9,11,20H2,1-2H3,(H,22,23,24)/t13-,19-/m1/s1. The van der Waals surface area contributed by atoms with E-state index in [-0.39, 0.29) is 17.4 Å². The number of hydrogen-bond donors (Lipinski definition) is 2. The van der Waals surface area contributed by atoms with Crippen LogP contribution < -0.4 is 11.1 Å². The summed E-state index contributed by atoms with van der Waals surface area (Å²) in [6.45, 7) is 4.64. The van der Waals surface area contributed by atoms with Crippen LogP contribution in [-0.4, -0.2) is 34.0 Å². The number of nitrogen functional groups attached to an aromatic ring is 1. The Balaban J connectivity index is 1.67. The minimum absolute atomic E-state index is 0.161. The van der Waals surface area contributed by atoms with Crippen LogP contribution in [0, 0.1) is 5.92 Å². The van der Waals surface area contributed by atoms with Gasteiger partial charge < -0.3 is 15.8 Å². The van der Waals surface area contributed by atoms with Gasteiger partial charge in [0.1, 0.15) is 16.4 Å². The smallest absolute Gasteiger partial charge is 0.257 e. The Bertz CT molecular complexity index is 881. The Labute approximate surface area is 166 Å². The Kier molecular flexibility index (Phi) is 4.73. The second-order valence-corrected chi connectivity index (χ2v) is 9.37. The first-order valence-corrected chi connectivity index (χ1v) is 10.7. The van der Waals surface area contributed by atoms with Crippen LogP contribution in [0.2, 0.25) is 0 Å². The molecule has 1 saturated heterocycles. The predicted octanol–water partition coefficient (Wildman–Crippen LogP) is 3.27. The van der Waals surface area contributed by atoms with Crippen LogP contribution >= 0.6 is 23.1 Å². The molecular weight excluding hydrogens is 380 g/mol. The Hall–Kier alpha value is -1.90. The molecule has 2 aliphatic heterocycles. The summed E-state index contributed by atoms with van der Waals surface area (Å²) in [6, 6.07) is 9.15. The summed E-state index contributed by atoms with van der Waals surface area (Å²) in [5.74, 6) is 1.46. The van der Waals surface area contributed by atoms with Gasteiger partial charge in [-0.05, 0) is 32.4 Å². The molecule has 0 aliphatic carbocycles. The summed E-state index contributed by atoms with van der Waals surface area (Å²) in [6.07, 6.45) is 0.878. The largest absolute Gasteiger partial charge is 0.383 e. The zero-order chi connectivity index (χ0) is 19.1. The molecule has 1 amide bonds. The van der Waals surface area contributed by atoms with Gasteiger partial charge in [-0.15, -0.1) is 11.3 Å². The molecule has 2 aromatic rings. The maximum atomic E-state index is 12.6. The van der Waals surface area contributed by atoms with Crippen LogP contribution in [-0.2, 0) is 10.3 Å². The Morgan fingerprint density at radius 2 is 2.11 bits per heavy atom. The van der Waals surface area contributed by atoms with Crippen molar-refractivity contribution in [2.75, 3.05) is 18.1 Å². The molecule has 142 valence electrons. The molecule has 1 aromatic heterocycles. The number of thioether (sulfide) groups is 1. The van der Waals surface area contributed by atoms with E-state index in [9.17, 15) is 4.79 Å². The second-order valence-electron chi connectivity index (χ2n) is 7.50. The zero-order valence-electron chi connectivity index (χ0n) is 15.3. The van der Waals surface area contributed by atoms with Crippen LogP contribution in [0.3, 0.4) is 0 Å². The SMILES string of the molecule is CC1(C)C[C@@H]2CSC(NC(=O)c3ccccc3)=N[C@]2(c2nc(N)cs2)CO1. The van der Waals surface area contributed by atoms with Gasteiger partial charge in [-0.1, -0.05) is 30.0 Å². The van der Waals surface area contributed by atoms with E-state index in [2.05, 4.69) is 24.1 Å². The van der Waals surface area contributed by atoms with Gasteiger partial charge in [0, 0.05) is 22.6 Å². The van der Waals surface area contributed by atoms with Crippen molar-refractivity contribution in [3.63, 3.8) is 0 Å². The van der Waals surface area contributed by atoms with E-state index >= 15 is 0 Å². The molecule has 2 aliphatic rings. The number of amides is 1. The van der Waals surface area contributed by atoms with Gasteiger partial charge in [-0.2, -0.15) is 0 Å². The van der Waals surface area contributed by atoms with Crippen LogP contribution in [0.4, 0.5) is 5.82 Å².